The van der Waals surface area contributed by atoms with Crippen LogP contribution in [0, 0.1) is 5.82 Å². The molecule has 19 heavy (non-hydrogen) atoms. The minimum Gasteiger partial charge on any atom is -0.298 e. The number of halogens is 4. The van der Waals surface area contributed by atoms with E-state index < -0.39 is 17.7 Å². The monoisotopic (exact) mass is 269 g/mol. The van der Waals surface area contributed by atoms with Crippen LogP contribution in [-0.4, -0.2) is 11.3 Å². The maximum Gasteiger partial charge on any atom is 0.433 e. The molecule has 0 N–H and O–H groups in total. The summed E-state index contributed by atoms with van der Waals surface area (Å²) >= 11 is 0. The van der Waals surface area contributed by atoms with Crippen molar-refractivity contribution < 1.29 is 22.4 Å². The molecule has 0 saturated carbocycles. The van der Waals surface area contributed by atoms with Crippen LogP contribution in [0.25, 0.3) is 11.1 Å². The zero-order valence-electron chi connectivity index (χ0n) is 9.41. The van der Waals surface area contributed by atoms with Gasteiger partial charge in [0, 0.05) is 17.3 Å². The van der Waals surface area contributed by atoms with E-state index in [9.17, 15) is 22.4 Å². The van der Waals surface area contributed by atoms with Crippen LogP contribution >= 0.6 is 0 Å². The largest absolute Gasteiger partial charge is 0.433 e. The van der Waals surface area contributed by atoms with Crippen LogP contribution in [0.15, 0.2) is 36.5 Å². The topological polar surface area (TPSA) is 30.0 Å². The maximum atomic E-state index is 13.1. The van der Waals surface area contributed by atoms with Gasteiger partial charge in [-0.15, -0.1) is 0 Å². The summed E-state index contributed by atoms with van der Waals surface area (Å²) in [4.78, 5) is 14.1. The van der Waals surface area contributed by atoms with Gasteiger partial charge < -0.3 is 0 Å². The zero-order valence-corrected chi connectivity index (χ0v) is 9.41. The first-order chi connectivity index (χ1) is 8.91. The highest BCUT2D eigenvalue weighted by Gasteiger charge is 2.32. The lowest BCUT2D eigenvalue weighted by Crippen LogP contribution is -2.07. The molecule has 0 unspecified atom stereocenters. The minimum atomic E-state index is -4.53. The summed E-state index contributed by atoms with van der Waals surface area (Å²) in [6.45, 7) is 0. The molecular weight excluding hydrogens is 262 g/mol. The number of benzene rings is 1. The second-order valence-corrected chi connectivity index (χ2v) is 3.78. The molecule has 0 radical (unpaired) electrons. The number of aldehydes is 1. The van der Waals surface area contributed by atoms with Crippen LogP contribution < -0.4 is 0 Å². The van der Waals surface area contributed by atoms with Crippen molar-refractivity contribution in [2.75, 3.05) is 0 Å². The first-order valence-electron chi connectivity index (χ1n) is 5.20. The molecule has 0 aliphatic rings. The summed E-state index contributed by atoms with van der Waals surface area (Å²) in [5, 5.41) is 0. The zero-order chi connectivity index (χ0) is 14.0. The van der Waals surface area contributed by atoms with Crippen molar-refractivity contribution in [1.29, 1.82) is 0 Å². The van der Waals surface area contributed by atoms with Gasteiger partial charge in [0.1, 0.15) is 11.5 Å². The molecule has 2 aromatic rings. The van der Waals surface area contributed by atoms with Gasteiger partial charge in [-0.25, -0.2) is 4.39 Å². The second kappa shape index (κ2) is 4.79. The van der Waals surface area contributed by atoms with Gasteiger partial charge in [-0.2, -0.15) is 13.2 Å². The molecular formula is C13H7F4NO. The smallest absolute Gasteiger partial charge is 0.298 e. The van der Waals surface area contributed by atoms with Gasteiger partial charge >= 0.3 is 6.18 Å². The van der Waals surface area contributed by atoms with Gasteiger partial charge in [0.2, 0.25) is 0 Å². The normalized spacial score (nSPS) is 11.4. The predicted octanol–water partition coefficient (Wildman–Crippen LogP) is 3.72. The summed E-state index contributed by atoms with van der Waals surface area (Å²) in [6.07, 6.45) is -3.06. The summed E-state index contributed by atoms with van der Waals surface area (Å²) in [6, 6.07) is 5.38. The molecule has 0 bridgehead atoms. The fourth-order valence-electron chi connectivity index (χ4n) is 1.60. The number of aromatic nitrogens is 1. The number of hydrogen-bond donors (Lipinski definition) is 0. The third-order valence-corrected chi connectivity index (χ3v) is 2.51. The molecule has 0 fully saturated rings. The number of hydrogen-bond acceptors (Lipinski definition) is 2. The lowest BCUT2D eigenvalue weighted by atomic mass is 10.0. The van der Waals surface area contributed by atoms with Crippen LogP contribution in [0.3, 0.4) is 0 Å². The van der Waals surface area contributed by atoms with Gasteiger partial charge in [0.25, 0.3) is 0 Å². The summed E-state index contributed by atoms with van der Waals surface area (Å²) in [5.41, 5.74) is -0.408. The van der Waals surface area contributed by atoms with E-state index >= 15 is 0 Å². The van der Waals surface area contributed by atoms with E-state index in [0.29, 0.717) is 6.29 Å². The molecule has 2 nitrogen and oxygen atoms in total. The molecule has 0 saturated heterocycles. The van der Waals surface area contributed by atoms with Crippen LogP contribution in [0.2, 0.25) is 0 Å². The Morgan fingerprint density at radius 3 is 2.37 bits per heavy atom. The Bertz CT molecular complexity index is 605. The Balaban J connectivity index is 2.48. The highest BCUT2D eigenvalue weighted by Crippen LogP contribution is 2.29. The molecule has 0 spiro atoms. The molecule has 0 amide bonds. The first kappa shape index (κ1) is 13.2. The Labute approximate surface area is 105 Å². The Kier molecular flexibility index (Phi) is 3.33. The van der Waals surface area contributed by atoms with Crippen molar-refractivity contribution in [3.05, 3.63) is 53.6 Å². The fourth-order valence-corrected chi connectivity index (χ4v) is 1.60. The highest BCUT2D eigenvalue weighted by atomic mass is 19.4. The van der Waals surface area contributed by atoms with E-state index in [1.54, 1.807) is 0 Å². The first-order valence-corrected chi connectivity index (χ1v) is 5.20. The fraction of sp³-hybridized carbons (Fsp3) is 0.0769. The average molecular weight is 269 g/mol. The molecule has 1 heterocycles. The van der Waals surface area contributed by atoms with Crippen LogP contribution in [0.1, 0.15) is 16.1 Å². The standard InChI is InChI=1S/C13H7F4NO/c14-10-3-1-9(7-19)11(5-10)8-2-4-12(18-6-8)13(15,16)17/h1-7H. The van der Waals surface area contributed by atoms with Gasteiger partial charge in [0.15, 0.2) is 6.29 Å². The van der Waals surface area contributed by atoms with E-state index in [2.05, 4.69) is 4.98 Å². The number of carbonyl (C=O) groups excluding carboxylic acids is 1. The second-order valence-electron chi connectivity index (χ2n) is 3.78. The number of pyridine rings is 1. The Morgan fingerprint density at radius 1 is 1.11 bits per heavy atom. The maximum absolute atomic E-state index is 13.1. The van der Waals surface area contributed by atoms with Crippen LogP contribution in [-0.2, 0) is 6.18 Å². The number of rotatable bonds is 2. The third-order valence-electron chi connectivity index (χ3n) is 2.51. The van der Waals surface area contributed by atoms with Gasteiger partial charge in [-0.3, -0.25) is 9.78 Å². The Morgan fingerprint density at radius 2 is 1.84 bits per heavy atom. The molecule has 1 aromatic heterocycles. The van der Waals surface area contributed by atoms with Crippen LogP contribution in [0.4, 0.5) is 17.6 Å². The predicted molar refractivity (Wildman–Crippen MR) is 60.0 cm³/mol. The molecule has 98 valence electrons. The number of alkyl halides is 3. The van der Waals surface area contributed by atoms with Gasteiger partial charge in [-0.05, 0) is 29.8 Å². The third kappa shape index (κ3) is 2.78. The van der Waals surface area contributed by atoms with Crippen molar-refractivity contribution in [3.8, 4) is 11.1 Å². The SMILES string of the molecule is O=Cc1ccc(F)cc1-c1ccc(C(F)(F)F)nc1. The van der Waals surface area contributed by atoms with Crippen LogP contribution in [0.5, 0.6) is 0 Å². The average Bonchev–Trinajstić information content (AvgIpc) is 2.38. The van der Waals surface area contributed by atoms with Crippen molar-refractivity contribution >= 4 is 6.29 Å². The van der Waals surface area contributed by atoms with Gasteiger partial charge in [0.05, 0.1) is 0 Å². The van der Waals surface area contributed by atoms with E-state index in [1.165, 1.54) is 6.07 Å². The van der Waals surface area contributed by atoms with Crippen molar-refractivity contribution in [3.63, 3.8) is 0 Å². The summed E-state index contributed by atoms with van der Waals surface area (Å²) in [5.74, 6) is -0.583. The molecule has 0 aliphatic carbocycles. The quantitative estimate of drug-likeness (QED) is 0.614. The molecule has 6 heteroatoms. The van der Waals surface area contributed by atoms with E-state index in [4.69, 9.17) is 0 Å². The number of carbonyl (C=O) groups is 1. The van der Waals surface area contributed by atoms with E-state index in [-0.39, 0.29) is 16.7 Å². The van der Waals surface area contributed by atoms with E-state index in [1.807, 2.05) is 0 Å². The summed E-state index contributed by atoms with van der Waals surface area (Å²) < 4.78 is 50.2. The van der Waals surface area contributed by atoms with Crippen molar-refractivity contribution in [2.24, 2.45) is 0 Å². The molecule has 1 aromatic carbocycles. The molecule has 0 atom stereocenters. The molecule has 0 aliphatic heterocycles. The highest BCUT2D eigenvalue weighted by molar-refractivity contribution is 5.87. The van der Waals surface area contributed by atoms with Crippen molar-refractivity contribution in [1.82, 2.24) is 4.98 Å². The lowest BCUT2D eigenvalue weighted by molar-refractivity contribution is -0.141. The summed E-state index contributed by atoms with van der Waals surface area (Å²) in [7, 11) is 0. The van der Waals surface area contributed by atoms with Gasteiger partial charge in [-0.1, -0.05) is 6.07 Å². The lowest BCUT2D eigenvalue weighted by Gasteiger charge is -2.08. The molecule has 2 rings (SSSR count). The minimum absolute atomic E-state index is 0.183. The van der Waals surface area contributed by atoms with E-state index in [0.717, 1.165) is 30.5 Å². The van der Waals surface area contributed by atoms with Crippen molar-refractivity contribution in [2.45, 2.75) is 6.18 Å². The Hall–Kier alpha value is -2.24. The number of nitrogens with zero attached hydrogens (tertiary/aromatic N) is 1.